The van der Waals surface area contributed by atoms with E-state index in [1.807, 2.05) is 13.9 Å². The predicted octanol–water partition coefficient (Wildman–Crippen LogP) is 3.70. The first kappa shape index (κ1) is 25.8. The Labute approximate surface area is 168 Å². The van der Waals surface area contributed by atoms with Crippen molar-refractivity contribution >= 4 is 54.4 Å². The van der Waals surface area contributed by atoms with E-state index in [2.05, 4.69) is 22.6 Å². The zero-order valence-electron chi connectivity index (χ0n) is 15.5. The first-order valence-corrected chi connectivity index (χ1v) is 9.98. The van der Waals surface area contributed by atoms with Crippen LogP contribution in [0.25, 0.3) is 0 Å². The number of hydrogen-bond donors (Lipinski definition) is 2. The van der Waals surface area contributed by atoms with Crippen LogP contribution >= 0.6 is 16.5 Å². The molecule has 28 heavy (non-hydrogen) atoms. The first-order chi connectivity index (χ1) is 13.2. The highest BCUT2D eigenvalue weighted by Gasteiger charge is 2.33. The molecule has 12 heteroatoms. The van der Waals surface area contributed by atoms with E-state index in [0.717, 1.165) is 29.6 Å². The number of rotatable bonds is 8. The molecule has 0 bridgehead atoms. The third-order valence-electron chi connectivity index (χ3n) is 3.05. The Morgan fingerprint density at radius 2 is 1.61 bits per heavy atom. The smallest absolute Gasteiger partial charge is 0.338 e. The van der Waals surface area contributed by atoms with Gasteiger partial charge in [-0.3, -0.25) is 19.9 Å². The summed E-state index contributed by atoms with van der Waals surface area (Å²) < 4.78 is 8.38. The fourth-order valence-electron chi connectivity index (χ4n) is 1.79. The summed E-state index contributed by atoms with van der Waals surface area (Å²) in [6, 6.07) is 0. The summed E-state index contributed by atoms with van der Waals surface area (Å²) in [4.78, 5) is 41.7. The van der Waals surface area contributed by atoms with Crippen LogP contribution in [0.3, 0.4) is 0 Å². The first-order valence-electron chi connectivity index (χ1n) is 8.05. The molecule has 1 atom stereocenters. The molecule has 2 aliphatic rings. The molecule has 146 valence electrons. The van der Waals surface area contributed by atoms with Gasteiger partial charge in [0.2, 0.25) is 14.0 Å². The second-order valence-corrected chi connectivity index (χ2v) is 6.96. The molecule has 1 fully saturated rings. The minimum atomic E-state index is -0.579. The van der Waals surface area contributed by atoms with Crippen LogP contribution in [0.1, 0.15) is 19.8 Å². The summed E-state index contributed by atoms with van der Waals surface area (Å²) in [6.45, 7) is 13.0. The highest BCUT2D eigenvalue weighted by Crippen LogP contribution is 2.24. The zero-order valence-corrected chi connectivity index (χ0v) is 17.3. The molecule has 2 N–H and O–H groups in total. The second-order valence-electron chi connectivity index (χ2n) is 5.71. The van der Waals surface area contributed by atoms with Crippen molar-refractivity contribution in [2.24, 2.45) is 5.92 Å². The summed E-state index contributed by atoms with van der Waals surface area (Å²) >= 11 is 0. The molecule has 0 spiro atoms. The summed E-state index contributed by atoms with van der Waals surface area (Å²) in [7, 11) is 1.06. The standard InChI is InChI=1S/C8H10BNO3P.C4H8BNP.C4H2O3/c1-5(4-9-14-10)2-6-3-7(11)13-8(6)12;1-4(2)3-5-7-6;5-3-1-2-4(6)7-3/h6,10H,1-4H2;6H,1,3H2,2H3;1-2H. The maximum absolute atomic E-state index is 11.1. The van der Waals surface area contributed by atoms with Crippen molar-refractivity contribution in [3.8, 4) is 0 Å². The molecule has 1 saturated heterocycles. The maximum atomic E-state index is 11.1. The van der Waals surface area contributed by atoms with Gasteiger partial charge in [0.25, 0.3) is 0 Å². The normalized spacial score (nSPS) is 17.1. The average molecular weight is 420 g/mol. The van der Waals surface area contributed by atoms with Crippen molar-refractivity contribution in [1.82, 2.24) is 0 Å². The summed E-state index contributed by atoms with van der Waals surface area (Å²) in [5.74, 6) is -2.41. The van der Waals surface area contributed by atoms with E-state index in [1.165, 1.54) is 0 Å². The number of allylic oxidation sites excluding steroid dienone is 2. The van der Waals surface area contributed by atoms with Crippen molar-refractivity contribution in [1.29, 1.82) is 10.3 Å². The minimum absolute atomic E-state index is 0.163. The van der Waals surface area contributed by atoms with Gasteiger partial charge in [-0.2, -0.15) is 0 Å². The number of esters is 4. The lowest BCUT2D eigenvalue weighted by molar-refractivity contribution is -0.153. The third kappa shape index (κ3) is 13.1. The fraction of sp³-hybridized carbons (Fsp3) is 0.375. The van der Waals surface area contributed by atoms with Crippen LogP contribution in [0.5, 0.6) is 0 Å². The monoisotopic (exact) mass is 420 g/mol. The molecular weight excluding hydrogens is 400 g/mol. The van der Waals surface area contributed by atoms with Gasteiger partial charge in [-0.15, -0.1) is 13.2 Å². The van der Waals surface area contributed by atoms with Gasteiger partial charge in [-0.05, 0) is 26.0 Å². The van der Waals surface area contributed by atoms with Gasteiger partial charge < -0.3 is 9.47 Å². The van der Waals surface area contributed by atoms with E-state index in [9.17, 15) is 19.2 Å². The van der Waals surface area contributed by atoms with Gasteiger partial charge in [-0.25, -0.2) is 9.59 Å². The average Bonchev–Trinajstić information content (AvgIpc) is 3.15. The molecule has 0 saturated carbocycles. The Morgan fingerprint density at radius 3 is 1.93 bits per heavy atom. The molecule has 0 aromatic rings. The van der Waals surface area contributed by atoms with Crippen LogP contribution < -0.4 is 0 Å². The topological polar surface area (TPSA) is 134 Å². The number of cyclic esters (lactones) is 4. The Morgan fingerprint density at radius 1 is 1.07 bits per heavy atom. The molecule has 0 aliphatic carbocycles. The number of nitrogens with one attached hydrogen (secondary N) is 2. The quantitative estimate of drug-likeness (QED) is 0.202. The van der Waals surface area contributed by atoms with Crippen molar-refractivity contribution in [2.45, 2.75) is 32.4 Å². The largest absolute Gasteiger partial charge is 0.393 e. The highest BCUT2D eigenvalue weighted by atomic mass is 31.1. The number of hydrogen-bond acceptors (Lipinski definition) is 8. The van der Waals surface area contributed by atoms with E-state index in [-0.39, 0.29) is 12.3 Å². The zero-order chi connectivity index (χ0) is 21.5. The van der Waals surface area contributed by atoms with E-state index >= 15 is 0 Å². The molecule has 2 heterocycles. The van der Waals surface area contributed by atoms with E-state index in [0.29, 0.717) is 29.2 Å². The lowest BCUT2D eigenvalue weighted by Gasteiger charge is -2.05. The van der Waals surface area contributed by atoms with Gasteiger partial charge in [0, 0.05) is 12.2 Å². The van der Waals surface area contributed by atoms with E-state index < -0.39 is 23.9 Å². The molecule has 8 nitrogen and oxygen atoms in total. The summed E-state index contributed by atoms with van der Waals surface area (Å²) in [6.07, 6.45) is 4.31. The number of carbonyl (C=O) groups is 4. The van der Waals surface area contributed by atoms with Gasteiger partial charge in [0.15, 0.2) is 0 Å². The van der Waals surface area contributed by atoms with Gasteiger partial charge in [0.1, 0.15) is 0 Å². The lowest BCUT2D eigenvalue weighted by Crippen LogP contribution is -2.08. The van der Waals surface area contributed by atoms with Gasteiger partial charge in [0.05, 0.1) is 12.3 Å². The van der Waals surface area contributed by atoms with Gasteiger partial charge in [-0.1, -0.05) is 27.6 Å². The number of ether oxygens (including phenoxy) is 2. The third-order valence-corrected chi connectivity index (χ3v) is 3.79. The Balaban J connectivity index is 0.000000437. The summed E-state index contributed by atoms with van der Waals surface area (Å²) in [5, 5.41) is 13.6. The second kappa shape index (κ2) is 14.8. The van der Waals surface area contributed by atoms with Crippen LogP contribution in [0.15, 0.2) is 36.5 Å². The Kier molecular flexibility index (Phi) is 13.7. The molecular formula is C16H20B2N2O6P2. The molecule has 1 unspecified atom stereocenters. The highest BCUT2D eigenvalue weighted by molar-refractivity contribution is 7.62. The van der Waals surface area contributed by atoms with Gasteiger partial charge >= 0.3 is 23.9 Å². The SMILES string of the molecule is C=C(C)C[B]P=N.C=C(C[B]P=N)CC1CC(=O)OC1=O.O=C1C=CC(=O)O1. The van der Waals surface area contributed by atoms with E-state index in [4.69, 9.17) is 10.3 Å². The molecule has 2 radical (unpaired) electrons. The van der Waals surface area contributed by atoms with Crippen molar-refractivity contribution in [3.63, 3.8) is 0 Å². The van der Waals surface area contributed by atoms with Crippen LogP contribution in [0.2, 0.25) is 12.6 Å². The van der Waals surface area contributed by atoms with Crippen LogP contribution in [0, 0.1) is 16.2 Å². The molecule has 0 aromatic carbocycles. The fourth-order valence-corrected chi connectivity index (χ4v) is 2.54. The van der Waals surface area contributed by atoms with Crippen LogP contribution in [-0.4, -0.2) is 37.9 Å². The summed E-state index contributed by atoms with van der Waals surface area (Å²) in [5.41, 5.74) is 1.99. The molecule has 0 amide bonds. The molecule has 0 aromatic heterocycles. The van der Waals surface area contributed by atoms with Crippen LogP contribution in [-0.2, 0) is 28.7 Å². The van der Waals surface area contributed by atoms with E-state index in [1.54, 1.807) is 7.00 Å². The molecule has 2 aliphatic heterocycles. The Bertz CT molecular complexity index is 681. The van der Waals surface area contributed by atoms with Crippen LogP contribution in [0.4, 0.5) is 0 Å². The lowest BCUT2D eigenvalue weighted by atomic mass is 9.89. The predicted molar refractivity (Wildman–Crippen MR) is 108 cm³/mol. The molecule has 2 rings (SSSR count). The Hall–Kier alpha value is -2.17. The maximum Gasteiger partial charge on any atom is 0.338 e. The van der Waals surface area contributed by atoms with Crippen molar-refractivity contribution in [3.05, 3.63) is 36.5 Å². The minimum Gasteiger partial charge on any atom is -0.393 e. The van der Waals surface area contributed by atoms with Crippen molar-refractivity contribution in [2.75, 3.05) is 0 Å². The van der Waals surface area contributed by atoms with Crippen molar-refractivity contribution < 1.29 is 28.7 Å². The number of carbonyl (C=O) groups excluding carboxylic acids is 4.